The van der Waals surface area contributed by atoms with Crippen molar-refractivity contribution in [2.45, 2.75) is 12.9 Å². The third-order valence-corrected chi connectivity index (χ3v) is 2.18. The second-order valence-electron chi connectivity index (χ2n) is 3.31. The van der Waals surface area contributed by atoms with E-state index in [9.17, 15) is 0 Å². The van der Waals surface area contributed by atoms with Crippen molar-refractivity contribution in [1.29, 1.82) is 0 Å². The fourth-order valence-corrected chi connectivity index (χ4v) is 1.46. The van der Waals surface area contributed by atoms with Crippen LogP contribution < -0.4 is 9.47 Å². The summed E-state index contributed by atoms with van der Waals surface area (Å²) in [6.45, 7) is 2.84. The Hall–Kier alpha value is -1.26. The van der Waals surface area contributed by atoms with Crippen molar-refractivity contribution in [3.05, 3.63) is 24.3 Å². The third kappa shape index (κ3) is 2.22. The third-order valence-electron chi connectivity index (χ3n) is 2.18. The van der Waals surface area contributed by atoms with Gasteiger partial charge in [-0.05, 0) is 12.1 Å². The minimum atomic E-state index is -0.991. The molecule has 0 bridgehead atoms. The van der Waals surface area contributed by atoms with Gasteiger partial charge in [0.25, 0.3) is 0 Å². The van der Waals surface area contributed by atoms with Crippen molar-refractivity contribution in [1.82, 2.24) is 0 Å². The lowest BCUT2D eigenvalue weighted by Crippen LogP contribution is -2.33. The van der Waals surface area contributed by atoms with Gasteiger partial charge in [-0.3, -0.25) is 0 Å². The predicted octanol–water partition coefficient (Wildman–Crippen LogP) is 1.79. The number of hydrogen-bond acceptors (Lipinski definition) is 4. The second kappa shape index (κ2) is 4.08. The zero-order chi connectivity index (χ0) is 10.7. The lowest BCUT2D eigenvalue weighted by atomic mass is 10.3. The summed E-state index contributed by atoms with van der Waals surface area (Å²) in [5.41, 5.74) is 0. The molecule has 82 valence electrons. The molecule has 1 aliphatic heterocycles. The molecule has 0 radical (unpaired) electrons. The van der Waals surface area contributed by atoms with Crippen LogP contribution in [0.3, 0.4) is 0 Å². The quantitative estimate of drug-likeness (QED) is 0.762. The van der Waals surface area contributed by atoms with Gasteiger partial charge in [0, 0.05) is 6.92 Å². The van der Waals surface area contributed by atoms with Crippen molar-refractivity contribution >= 4 is 0 Å². The average Bonchev–Trinajstić information content (AvgIpc) is 2.66. The van der Waals surface area contributed by atoms with Crippen molar-refractivity contribution in [3.8, 4) is 11.5 Å². The van der Waals surface area contributed by atoms with Gasteiger partial charge in [0.2, 0.25) is 0 Å². The monoisotopic (exact) mass is 210 g/mol. The van der Waals surface area contributed by atoms with Gasteiger partial charge in [0.05, 0.1) is 20.3 Å². The van der Waals surface area contributed by atoms with Crippen molar-refractivity contribution in [2.75, 3.05) is 20.3 Å². The van der Waals surface area contributed by atoms with Crippen LogP contribution in [0.5, 0.6) is 11.5 Å². The van der Waals surface area contributed by atoms with Crippen LogP contribution in [0, 0.1) is 0 Å². The van der Waals surface area contributed by atoms with E-state index in [0.29, 0.717) is 24.7 Å². The van der Waals surface area contributed by atoms with E-state index < -0.39 is 5.97 Å². The van der Waals surface area contributed by atoms with Crippen LogP contribution in [0.15, 0.2) is 24.3 Å². The molecule has 4 heteroatoms. The topological polar surface area (TPSA) is 36.9 Å². The van der Waals surface area contributed by atoms with E-state index in [0.717, 1.165) is 0 Å². The fraction of sp³-hybridized carbons (Fsp3) is 0.455. The zero-order valence-corrected chi connectivity index (χ0v) is 8.86. The minimum absolute atomic E-state index is 0.547. The standard InChI is InChI=1S/C11H14O4/c1-11(13-7-8-14-11)15-10-6-4-3-5-9(10)12-2/h3-6H,7-8H2,1-2H3. The maximum Gasteiger partial charge on any atom is 0.324 e. The van der Waals surface area contributed by atoms with Crippen LogP contribution in [0.1, 0.15) is 6.92 Å². The summed E-state index contributed by atoms with van der Waals surface area (Å²) in [5, 5.41) is 0. The van der Waals surface area contributed by atoms with Crippen LogP contribution in [0.4, 0.5) is 0 Å². The van der Waals surface area contributed by atoms with Crippen LogP contribution in [0.25, 0.3) is 0 Å². The van der Waals surface area contributed by atoms with Gasteiger partial charge in [0.1, 0.15) is 0 Å². The molecule has 1 heterocycles. The number of rotatable bonds is 3. The first kappa shape index (κ1) is 10.3. The molecule has 0 saturated carbocycles. The number of para-hydroxylation sites is 2. The summed E-state index contributed by atoms with van der Waals surface area (Å²) in [4.78, 5) is 0. The number of methoxy groups -OCH3 is 1. The van der Waals surface area contributed by atoms with E-state index in [1.165, 1.54) is 0 Å². The molecule has 4 nitrogen and oxygen atoms in total. The van der Waals surface area contributed by atoms with Gasteiger partial charge < -0.3 is 18.9 Å². The summed E-state index contributed by atoms with van der Waals surface area (Å²) in [7, 11) is 1.60. The largest absolute Gasteiger partial charge is 0.493 e. The average molecular weight is 210 g/mol. The SMILES string of the molecule is COc1ccccc1OC1(C)OCCO1. The van der Waals surface area contributed by atoms with E-state index >= 15 is 0 Å². The van der Waals surface area contributed by atoms with Crippen molar-refractivity contribution in [3.63, 3.8) is 0 Å². The molecule has 2 rings (SSSR count). The molecule has 15 heavy (non-hydrogen) atoms. The van der Waals surface area contributed by atoms with Gasteiger partial charge >= 0.3 is 5.97 Å². The molecule has 0 spiro atoms. The number of benzene rings is 1. The molecule has 1 fully saturated rings. The Labute approximate surface area is 88.7 Å². The molecule has 0 atom stereocenters. The van der Waals surface area contributed by atoms with Crippen LogP contribution in [0.2, 0.25) is 0 Å². The van der Waals surface area contributed by atoms with Crippen molar-refractivity contribution in [2.24, 2.45) is 0 Å². The van der Waals surface area contributed by atoms with Gasteiger partial charge in [-0.25, -0.2) is 0 Å². The first-order chi connectivity index (χ1) is 7.23. The summed E-state index contributed by atoms with van der Waals surface area (Å²) in [6.07, 6.45) is 0. The van der Waals surface area contributed by atoms with E-state index in [4.69, 9.17) is 18.9 Å². The Balaban J connectivity index is 2.16. The highest BCUT2D eigenvalue weighted by molar-refractivity contribution is 5.39. The molecule has 0 aromatic heterocycles. The Morgan fingerprint density at radius 2 is 1.73 bits per heavy atom. The fourth-order valence-electron chi connectivity index (χ4n) is 1.46. The second-order valence-corrected chi connectivity index (χ2v) is 3.31. The highest BCUT2D eigenvalue weighted by Crippen LogP contribution is 2.31. The Morgan fingerprint density at radius 3 is 2.33 bits per heavy atom. The molecule has 0 unspecified atom stereocenters. The highest BCUT2D eigenvalue weighted by atomic mass is 16.9. The van der Waals surface area contributed by atoms with E-state index in [2.05, 4.69) is 0 Å². The summed E-state index contributed by atoms with van der Waals surface area (Å²) >= 11 is 0. The minimum Gasteiger partial charge on any atom is -0.493 e. The predicted molar refractivity (Wildman–Crippen MR) is 53.9 cm³/mol. The first-order valence-electron chi connectivity index (χ1n) is 4.83. The van der Waals surface area contributed by atoms with E-state index in [-0.39, 0.29) is 0 Å². The van der Waals surface area contributed by atoms with Gasteiger partial charge in [-0.2, -0.15) is 0 Å². The lowest BCUT2D eigenvalue weighted by molar-refractivity contribution is -0.272. The molecule has 1 aromatic rings. The molecule has 1 aliphatic rings. The lowest BCUT2D eigenvalue weighted by Gasteiger charge is -2.24. The molecule has 1 aromatic carbocycles. The molecule has 0 aliphatic carbocycles. The van der Waals surface area contributed by atoms with Gasteiger partial charge in [-0.15, -0.1) is 0 Å². The summed E-state index contributed by atoms with van der Waals surface area (Å²) in [6, 6.07) is 7.39. The smallest absolute Gasteiger partial charge is 0.324 e. The molecule has 0 N–H and O–H groups in total. The Morgan fingerprint density at radius 1 is 1.13 bits per heavy atom. The number of ether oxygens (including phenoxy) is 4. The maximum atomic E-state index is 5.62. The Kier molecular flexibility index (Phi) is 2.79. The van der Waals surface area contributed by atoms with Gasteiger partial charge in [-0.1, -0.05) is 12.1 Å². The molecule has 1 saturated heterocycles. The maximum absolute atomic E-state index is 5.62. The summed E-state index contributed by atoms with van der Waals surface area (Å²) in [5.74, 6) is 0.288. The molecular formula is C11H14O4. The highest BCUT2D eigenvalue weighted by Gasteiger charge is 2.34. The number of hydrogen-bond donors (Lipinski definition) is 0. The molecule has 0 amide bonds. The van der Waals surface area contributed by atoms with Crippen molar-refractivity contribution < 1.29 is 18.9 Å². The van der Waals surface area contributed by atoms with Crippen LogP contribution in [-0.4, -0.2) is 26.3 Å². The van der Waals surface area contributed by atoms with Crippen LogP contribution in [-0.2, 0) is 9.47 Å². The molecular weight excluding hydrogens is 196 g/mol. The first-order valence-corrected chi connectivity index (χ1v) is 4.83. The van der Waals surface area contributed by atoms with Gasteiger partial charge in [0.15, 0.2) is 11.5 Å². The zero-order valence-electron chi connectivity index (χ0n) is 8.86. The normalized spacial score (nSPS) is 18.8. The van der Waals surface area contributed by atoms with E-state index in [1.807, 2.05) is 24.3 Å². The van der Waals surface area contributed by atoms with E-state index in [1.54, 1.807) is 14.0 Å². The van der Waals surface area contributed by atoms with Crippen LogP contribution >= 0.6 is 0 Å². The summed E-state index contributed by atoms with van der Waals surface area (Å²) < 4.78 is 21.5. The Bertz CT molecular complexity index is 331.